The molecule has 92 valence electrons. The van der Waals surface area contributed by atoms with Crippen molar-refractivity contribution in [3.8, 4) is 5.75 Å². The lowest BCUT2D eigenvalue weighted by Crippen LogP contribution is -2.38. The van der Waals surface area contributed by atoms with Crippen LogP contribution in [0.1, 0.15) is 0 Å². The van der Waals surface area contributed by atoms with E-state index in [1.165, 1.54) is 12.1 Å². The van der Waals surface area contributed by atoms with Crippen LogP contribution in [0.25, 0.3) is 0 Å². The number of rotatable bonds is 2. The van der Waals surface area contributed by atoms with E-state index in [1.807, 2.05) is 6.07 Å². The quantitative estimate of drug-likeness (QED) is 0.855. The van der Waals surface area contributed by atoms with Crippen LogP contribution in [0.3, 0.4) is 0 Å². The third-order valence-corrected chi connectivity index (χ3v) is 2.69. The van der Waals surface area contributed by atoms with Gasteiger partial charge in [0.2, 0.25) is 0 Å². The predicted octanol–water partition coefficient (Wildman–Crippen LogP) is 2.81. The molecule has 18 heavy (non-hydrogen) atoms. The average molecular weight is 246 g/mol. The van der Waals surface area contributed by atoms with Crippen LogP contribution in [0, 0.1) is 5.82 Å². The summed E-state index contributed by atoms with van der Waals surface area (Å²) in [4.78, 5) is 0. The Morgan fingerprint density at radius 1 is 1.17 bits per heavy atom. The number of halogens is 1. The molecule has 1 atom stereocenters. The average Bonchev–Trinajstić information content (AvgIpc) is 2.67. The number of hydroxylamine groups is 1. The second-order valence-electron chi connectivity index (χ2n) is 3.94. The van der Waals surface area contributed by atoms with Crippen molar-refractivity contribution in [2.75, 3.05) is 10.4 Å². The van der Waals surface area contributed by atoms with Crippen molar-refractivity contribution in [2.24, 2.45) is 0 Å². The van der Waals surface area contributed by atoms with E-state index in [0.29, 0.717) is 17.1 Å². The van der Waals surface area contributed by atoms with Crippen LogP contribution in [-0.4, -0.2) is 11.6 Å². The molecule has 0 aromatic heterocycles. The van der Waals surface area contributed by atoms with Gasteiger partial charge in [-0.15, -0.1) is 0 Å². The summed E-state index contributed by atoms with van der Waals surface area (Å²) in [6.45, 7) is 0. The number of hydrogen-bond donors (Lipinski definition) is 2. The van der Waals surface area contributed by atoms with Crippen molar-refractivity contribution < 1.29 is 14.3 Å². The topological polar surface area (TPSA) is 44.7 Å². The fraction of sp³-hybridized carbons (Fsp3) is 0.0769. The maximum absolute atomic E-state index is 13.0. The van der Waals surface area contributed by atoms with E-state index in [4.69, 9.17) is 4.74 Å². The molecule has 0 bridgehead atoms. The van der Waals surface area contributed by atoms with Crippen molar-refractivity contribution in [3.05, 3.63) is 54.3 Å². The minimum Gasteiger partial charge on any atom is -0.448 e. The van der Waals surface area contributed by atoms with Gasteiger partial charge >= 0.3 is 0 Å². The summed E-state index contributed by atoms with van der Waals surface area (Å²) in [6, 6.07) is 13.1. The first kappa shape index (κ1) is 10.9. The van der Waals surface area contributed by atoms with Gasteiger partial charge < -0.3 is 10.1 Å². The first-order chi connectivity index (χ1) is 8.74. The molecular weight excluding hydrogens is 235 g/mol. The molecule has 5 heteroatoms. The van der Waals surface area contributed by atoms with Gasteiger partial charge in [-0.2, -0.15) is 5.06 Å². The van der Waals surface area contributed by atoms with Crippen LogP contribution in [-0.2, 0) is 0 Å². The summed E-state index contributed by atoms with van der Waals surface area (Å²) in [5.41, 5.74) is 1.11. The first-order valence-electron chi connectivity index (χ1n) is 5.50. The summed E-state index contributed by atoms with van der Waals surface area (Å²) in [5.74, 6) is 0.230. The summed E-state index contributed by atoms with van der Waals surface area (Å²) < 4.78 is 18.5. The van der Waals surface area contributed by atoms with E-state index in [1.54, 1.807) is 30.3 Å². The van der Waals surface area contributed by atoms with Gasteiger partial charge in [-0.25, -0.2) is 4.39 Å². The van der Waals surface area contributed by atoms with Crippen molar-refractivity contribution in [2.45, 2.75) is 6.35 Å². The molecule has 0 fully saturated rings. The second-order valence-corrected chi connectivity index (χ2v) is 3.94. The van der Waals surface area contributed by atoms with Gasteiger partial charge in [-0.1, -0.05) is 18.2 Å². The van der Waals surface area contributed by atoms with Crippen molar-refractivity contribution in [1.82, 2.24) is 0 Å². The lowest BCUT2D eigenvalue weighted by Gasteiger charge is -2.20. The summed E-state index contributed by atoms with van der Waals surface area (Å²) in [6.07, 6.45) is -0.760. The molecule has 0 saturated carbocycles. The van der Waals surface area contributed by atoms with Crippen molar-refractivity contribution in [3.63, 3.8) is 0 Å². The zero-order valence-corrected chi connectivity index (χ0v) is 9.38. The number of anilines is 2. The van der Waals surface area contributed by atoms with E-state index in [2.05, 4.69) is 5.32 Å². The van der Waals surface area contributed by atoms with E-state index in [9.17, 15) is 9.60 Å². The van der Waals surface area contributed by atoms with Gasteiger partial charge in [0.1, 0.15) is 17.3 Å². The van der Waals surface area contributed by atoms with Crippen LogP contribution < -0.4 is 15.1 Å². The second kappa shape index (κ2) is 4.19. The number of benzene rings is 2. The first-order valence-corrected chi connectivity index (χ1v) is 5.50. The van der Waals surface area contributed by atoms with Gasteiger partial charge in [0.25, 0.3) is 6.35 Å². The number of nitrogens with zero attached hydrogens (tertiary/aromatic N) is 1. The standard InChI is InChI=1S/C13H11FN2O2/c14-9-4-3-5-10(8-9)15-13-16(17)11-6-1-2-7-12(11)18-13/h1-8,13,15,17H. The molecule has 1 unspecified atom stereocenters. The zero-order chi connectivity index (χ0) is 12.5. The minimum absolute atomic E-state index is 0.347. The smallest absolute Gasteiger partial charge is 0.273 e. The van der Waals surface area contributed by atoms with Gasteiger partial charge in [-0.05, 0) is 30.3 Å². The number of fused-ring (bicyclic) bond motifs is 1. The van der Waals surface area contributed by atoms with Gasteiger partial charge in [0.15, 0.2) is 0 Å². The van der Waals surface area contributed by atoms with E-state index in [-0.39, 0.29) is 5.82 Å². The van der Waals surface area contributed by atoms with Crippen LogP contribution >= 0.6 is 0 Å². The SMILES string of the molecule is ON1c2ccccc2OC1Nc1cccc(F)c1. The van der Waals surface area contributed by atoms with Crippen LogP contribution in [0.4, 0.5) is 15.8 Å². The van der Waals surface area contributed by atoms with Gasteiger partial charge in [-0.3, -0.25) is 5.21 Å². The van der Waals surface area contributed by atoms with Crippen LogP contribution in [0.5, 0.6) is 5.75 Å². The Labute approximate surface area is 103 Å². The molecule has 1 heterocycles. The Bertz CT molecular complexity index is 576. The van der Waals surface area contributed by atoms with Crippen molar-refractivity contribution >= 4 is 11.4 Å². The Kier molecular flexibility index (Phi) is 2.53. The normalized spacial score (nSPS) is 17.2. The molecule has 4 nitrogen and oxygen atoms in total. The number of para-hydroxylation sites is 2. The molecule has 0 aliphatic carbocycles. The van der Waals surface area contributed by atoms with Gasteiger partial charge in [0, 0.05) is 5.69 Å². The maximum Gasteiger partial charge on any atom is 0.273 e. The highest BCUT2D eigenvalue weighted by atomic mass is 19.1. The maximum atomic E-state index is 13.0. The largest absolute Gasteiger partial charge is 0.448 e. The molecule has 2 N–H and O–H groups in total. The van der Waals surface area contributed by atoms with Crippen LogP contribution in [0.15, 0.2) is 48.5 Å². The Morgan fingerprint density at radius 3 is 2.78 bits per heavy atom. The van der Waals surface area contributed by atoms with E-state index >= 15 is 0 Å². The zero-order valence-electron chi connectivity index (χ0n) is 9.38. The molecule has 1 aliphatic rings. The lowest BCUT2D eigenvalue weighted by atomic mass is 10.3. The summed E-state index contributed by atoms with van der Waals surface area (Å²) in [7, 11) is 0. The molecular formula is C13H11FN2O2. The van der Waals surface area contributed by atoms with Crippen molar-refractivity contribution in [1.29, 1.82) is 0 Å². The number of hydrogen-bond acceptors (Lipinski definition) is 4. The lowest BCUT2D eigenvalue weighted by molar-refractivity contribution is 0.133. The fourth-order valence-corrected chi connectivity index (χ4v) is 1.85. The molecule has 0 spiro atoms. The van der Waals surface area contributed by atoms with Gasteiger partial charge in [0.05, 0.1) is 0 Å². The molecule has 2 aromatic rings. The van der Waals surface area contributed by atoms with E-state index in [0.717, 1.165) is 5.06 Å². The minimum atomic E-state index is -0.760. The van der Waals surface area contributed by atoms with Crippen LogP contribution in [0.2, 0.25) is 0 Å². The molecule has 0 amide bonds. The molecule has 3 rings (SSSR count). The fourth-order valence-electron chi connectivity index (χ4n) is 1.85. The highest BCUT2D eigenvalue weighted by molar-refractivity contribution is 5.61. The number of ether oxygens (including phenoxy) is 1. The highest BCUT2D eigenvalue weighted by Crippen LogP contribution is 2.35. The Balaban J connectivity index is 1.81. The Morgan fingerprint density at radius 2 is 2.00 bits per heavy atom. The highest BCUT2D eigenvalue weighted by Gasteiger charge is 2.29. The third kappa shape index (κ3) is 1.84. The summed E-state index contributed by atoms with van der Waals surface area (Å²) in [5, 5.41) is 13.8. The molecule has 0 saturated heterocycles. The molecule has 0 radical (unpaired) electrons. The third-order valence-electron chi connectivity index (χ3n) is 2.69. The Hall–Kier alpha value is -2.27. The molecule has 2 aromatic carbocycles. The predicted molar refractivity (Wildman–Crippen MR) is 65.1 cm³/mol. The monoisotopic (exact) mass is 246 g/mol. The summed E-state index contributed by atoms with van der Waals surface area (Å²) >= 11 is 0. The molecule has 1 aliphatic heterocycles. The van der Waals surface area contributed by atoms with E-state index < -0.39 is 6.35 Å². The number of nitrogens with one attached hydrogen (secondary N) is 1.